The van der Waals surface area contributed by atoms with Gasteiger partial charge in [0.15, 0.2) is 0 Å². The number of hydrogen-bond acceptors (Lipinski definition) is 1. The van der Waals surface area contributed by atoms with Crippen LogP contribution < -0.4 is 5.32 Å². The topological polar surface area (TPSA) is 12.0 Å². The van der Waals surface area contributed by atoms with E-state index < -0.39 is 0 Å². The van der Waals surface area contributed by atoms with Gasteiger partial charge >= 0.3 is 0 Å². The van der Waals surface area contributed by atoms with Crippen LogP contribution in [0.25, 0.3) is 0 Å². The van der Waals surface area contributed by atoms with E-state index in [1.807, 2.05) is 7.05 Å². The second-order valence-corrected chi connectivity index (χ2v) is 4.61. The van der Waals surface area contributed by atoms with Crippen LogP contribution in [0.15, 0.2) is 18.2 Å². The van der Waals surface area contributed by atoms with Crippen molar-refractivity contribution in [2.75, 3.05) is 13.6 Å². The summed E-state index contributed by atoms with van der Waals surface area (Å²) in [5.41, 5.74) is 4.35. The summed E-state index contributed by atoms with van der Waals surface area (Å²) in [6, 6.07) is 6.62. The zero-order valence-electron chi connectivity index (χ0n) is 10.6. The van der Waals surface area contributed by atoms with Crippen LogP contribution in [0.1, 0.15) is 36.5 Å². The molecule has 2 unspecified atom stereocenters. The minimum Gasteiger partial charge on any atom is -0.319 e. The van der Waals surface area contributed by atoms with Gasteiger partial charge in [0, 0.05) is 0 Å². The minimum absolute atomic E-state index is 0.623. The van der Waals surface area contributed by atoms with Gasteiger partial charge in [-0.15, -0.1) is 0 Å². The molecule has 1 aromatic carbocycles. The van der Waals surface area contributed by atoms with Crippen molar-refractivity contribution >= 4 is 0 Å². The summed E-state index contributed by atoms with van der Waals surface area (Å²) < 4.78 is 0. The highest BCUT2D eigenvalue weighted by Crippen LogP contribution is 2.27. The van der Waals surface area contributed by atoms with Crippen molar-refractivity contribution in [3.8, 4) is 0 Å². The third kappa shape index (κ3) is 2.82. The molecule has 0 aliphatic rings. The molecule has 0 aromatic heterocycles. The SMILES string of the molecule is CNCC(C)C(C)c1cccc(C)c1C. The zero-order chi connectivity index (χ0) is 11.4. The molecule has 1 nitrogen and oxygen atoms in total. The minimum atomic E-state index is 0.623. The third-order valence-electron chi connectivity index (χ3n) is 3.52. The molecule has 0 amide bonds. The second kappa shape index (κ2) is 5.32. The van der Waals surface area contributed by atoms with Crippen LogP contribution in [0.3, 0.4) is 0 Å². The molecular weight excluding hydrogens is 182 g/mol. The van der Waals surface area contributed by atoms with Crippen molar-refractivity contribution in [1.29, 1.82) is 0 Å². The van der Waals surface area contributed by atoms with Crippen LogP contribution in [0.5, 0.6) is 0 Å². The molecule has 0 saturated carbocycles. The number of nitrogens with one attached hydrogen (secondary N) is 1. The summed E-state index contributed by atoms with van der Waals surface area (Å²) >= 11 is 0. The first-order chi connectivity index (χ1) is 7.07. The third-order valence-corrected chi connectivity index (χ3v) is 3.52. The van der Waals surface area contributed by atoms with Gasteiger partial charge in [-0.25, -0.2) is 0 Å². The molecule has 0 aliphatic carbocycles. The summed E-state index contributed by atoms with van der Waals surface area (Å²) in [4.78, 5) is 0. The Morgan fingerprint density at radius 1 is 1.20 bits per heavy atom. The maximum absolute atomic E-state index is 3.25. The Kier molecular flexibility index (Phi) is 4.34. The quantitative estimate of drug-likeness (QED) is 0.795. The van der Waals surface area contributed by atoms with Crippen LogP contribution in [0, 0.1) is 19.8 Å². The molecule has 0 aliphatic heterocycles. The Hall–Kier alpha value is -0.820. The molecule has 0 spiro atoms. The van der Waals surface area contributed by atoms with Crippen LogP contribution in [-0.2, 0) is 0 Å². The van der Waals surface area contributed by atoms with Crippen LogP contribution >= 0.6 is 0 Å². The summed E-state index contributed by atoms with van der Waals surface area (Å²) in [7, 11) is 2.02. The van der Waals surface area contributed by atoms with Gasteiger partial charge in [0.2, 0.25) is 0 Å². The lowest BCUT2D eigenvalue weighted by Crippen LogP contribution is -2.21. The second-order valence-electron chi connectivity index (χ2n) is 4.61. The number of rotatable bonds is 4. The first-order valence-electron chi connectivity index (χ1n) is 5.78. The number of hydrogen-bond donors (Lipinski definition) is 1. The molecule has 0 fully saturated rings. The van der Waals surface area contributed by atoms with Gasteiger partial charge in [0.05, 0.1) is 0 Å². The highest BCUT2D eigenvalue weighted by Gasteiger charge is 2.15. The highest BCUT2D eigenvalue weighted by atomic mass is 14.8. The lowest BCUT2D eigenvalue weighted by molar-refractivity contribution is 0.464. The van der Waals surface area contributed by atoms with Gasteiger partial charge in [-0.3, -0.25) is 0 Å². The molecule has 0 radical (unpaired) electrons. The predicted octanol–water partition coefficient (Wildman–Crippen LogP) is 3.26. The van der Waals surface area contributed by atoms with E-state index in [-0.39, 0.29) is 0 Å². The van der Waals surface area contributed by atoms with Gasteiger partial charge < -0.3 is 5.32 Å². The maximum Gasteiger partial charge on any atom is -0.00204 e. The monoisotopic (exact) mass is 205 g/mol. The van der Waals surface area contributed by atoms with Crippen molar-refractivity contribution in [2.45, 2.75) is 33.6 Å². The summed E-state index contributed by atoms with van der Waals surface area (Å²) in [6.07, 6.45) is 0. The molecule has 1 heteroatoms. The molecule has 84 valence electrons. The number of aryl methyl sites for hydroxylation is 1. The van der Waals surface area contributed by atoms with E-state index in [1.54, 1.807) is 0 Å². The maximum atomic E-state index is 3.25. The van der Waals surface area contributed by atoms with E-state index in [9.17, 15) is 0 Å². The Balaban J connectivity index is 2.90. The molecular formula is C14H23N. The zero-order valence-corrected chi connectivity index (χ0v) is 10.6. The molecule has 1 aromatic rings. The fourth-order valence-electron chi connectivity index (χ4n) is 2.07. The molecule has 0 saturated heterocycles. The summed E-state index contributed by atoms with van der Waals surface area (Å²) in [5, 5.41) is 3.25. The van der Waals surface area contributed by atoms with Gasteiger partial charge in [0.1, 0.15) is 0 Å². The largest absolute Gasteiger partial charge is 0.319 e. The smallest absolute Gasteiger partial charge is 0.00204 e. The first-order valence-corrected chi connectivity index (χ1v) is 5.78. The predicted molar refractivity (Wildman–Crippen MR) is 67.4 cm³/mol. The van der Waals surface area contributed by atoms with Crippen molar-refractivity contribution in [1.82, 2.24) is 5.32 Å². The van der Waals surface area contributed by atoms with Crippen LogP contribution in [0.4, 0.5) is 0 Å². The van der Waals surface area contributed by atoms with E-state index in [2.05, 4.69) is 51.2 Å². The van der Waals surface area contributed by atoms with Crippen molar-refractivity contribution in [3.63, 3.8) is 0 Å². The lowest BCUT2D eigenvalue weighted by atomic mass is 9.85. The summed E-state index contributed by atoms with van der Waals surface area (Å²) in [5.74, 6) is 1.30. The van der Waals surface area contributed by atoms with E-state index in [0.29, 0.717) is 11.8 Å². The summed E-state index contributed by atoms with van der Waals surface area (Å²) in [6.45, 7) is 10.1. The Labute approximate surface area is 93.9 Å². The molecule has 2 atom stereocenters. The Bertz CT molecular complexity index is 317. The van der Waals surface area contributed by atoms with Gasteiger partial charge in [-0.2, -0.15) is 0 Å². The van der Waals surface area contributed by atoms with Crippen molar-refractivity contribution in [2.24, 2.45) is 5.92 Å². The van der Waals surface area contributed by atoms with Crippen LogP contribution in [0.2, 0.25) is 0 Å². The fraction of sp³-hybridized carbons (Fsp3) is 0.571. The first kappa shape index (κ1) is 12.3. The van der Waals surface area contributed by atoms with E-state index >= 15 is 0 Å². The van der Waals surface area contributed by atoms with Crippen molar-refractivity contribution in [3.05, 3.63) is 34.9 Å². The van der Waals surface area contributed by atoms with E-state index in [4.69, 9.17) is 0 Å². The molecule has 0 heterocycles. The Morgan fingerprint density at radius 3 is 2.47 bits per heavy atom. The molecule has 1 N–H and O–H groups in total. The average Bonchev–Trinajstić information content (AvgIpc) is 2.21. The highest BCUT2D eigenvalue weighted by molar-refractivity contribution is 5.35. The molecule has 15 heavy (non-hydrogen) atoms. The fourth-order valence-corrected chi connectivity index (χ4v) is 2.07. The number of benzene rings is 1. The normalized spacial score (nSPS) is 15.0. The van der Waals surface area contributed by atoms with Crippen molar-refractivity contribution < 1.29 is 0 Å². The van der Waals surface area contributed by atoms with Gasteiger partial charge in [-0.05, 0) is 56.0 Å². The molecule has 0 bridgehead atoms. The standard InChI is InChI=1S/C14H23N/c1-10-7-6-8-14(12(10)3)13(4)11(2)9-15-5/h6-8,11,13,15H,9H2,1-5H3. The Morgan fingerprint density at radius 2 is 1.87 bits per heavy atom. The van der Waals surface area contributed by atoms with E-state index in [1.165, 1.54) is 16.7 Å². The molecule has 1 rings (SSSR count). The van der Waals surface area contributed by atoms with Crippen LogP contribution in [-0.4, -0.2) is 13.6 Å². The average molecular weight is 205 g/mol. The van der Waals surface area contributed by atoms with Gasteiger partial charge in [0.25, 0.3) is 0 Å². The van der Waals surface area contributed by atoms with E-state index in [0.717, 1.165) is 6.54 Å². The lowest BCUT2D eigenvalue weighted by Gasteiger charge is -2.22. The van der Waals surface area contributed by atoms with Gasteiger partial charge in [-0.1, -0.05) is 32.0 Å².